The third-order valence-corrected chi connectivity index (χ3v) is 3.90. The molecule has 1 atom stereocenters. The van der Waals surface area contributed by atoms with Crippen LogP contribution in [-0.4, -0.2) is 50.1 Å². The molecule has 0 aliphatic carbocycles. The number of hydrogen-bond donors (Lipinski definition) is 2. The van der Waals surface area contributed by atoms with Gasteiger partial charge in [0.25, 0.3) is 0 Å². The molecule has 19 heavy (non-hydrogen) atoms. The molecule has 0 saturated carbocycles. The summed E-state index contributed by atoms with van der Waals surface area (Å²) < 4.78 is 0. The van der Waals surface area contributed by atoms with E-state index in [0.717, 1.165) is 43.1 Å². The van der Waals surface area contributed by atoms with Crippen molar-refractivity contribution in [1.82, 2.24) is 10.2 Å². The smallest absolute Gasteiger partial charge is 0.231 e. The quantitative estimate of drug-likeness (QED) is 0.738. The molecule has 3 rings (SSSR count). The molecule has 102 valence electrons. The largest absolute Gasteiger partial charge is 0.399 e. The maximum Gasteiger partial charge on any atom is 0.231 e. The Bertz CT molecular complexity index is 502. The van der Waals surface area contributed by atoms with E-state index in [1.807, 2.05) is 23.1 Å². The number of benzene rings is 1. The first kappa shape index (κ1) is 12.4. The topological polar surface area (TPSA) is 61.6 Å². The average molecular weight is 260 g/mol. The van der Waals surface area contributed by atoms with E-state index in [0.29, 0.717) is 12.5 Å². The lowest BCUT2D eigenvalue weighted by Gasteiger charge is -2.33. The predicted octanol–water partition coefficient (Wildman–Crippen LogP) is 0.0615. The lowest BCUT2D eigenvalue weighted by Crippen LogP contribution is -2.54. The molecule has 0 spiro atoms. The number of nitrogens with one attached hydrogen (secondary N) is 1. The summed E-state index contributed by atoms with van der Waals surface area (Å²) in [5.41, 5.74) is 8.57. The Morgan fingerprint density at radius 1 is 1.47 bits per heavy atom. The molecule has 0 aromatic heterocycles. The summed E-state index contributed by atoms with van der Waals surface area (Å²) in [4.78, 5) is 16.3. The summed E-state index contributed by atoms with van der Waals surface area (Å²) >= 11 is 0. The molecule has 2 aliphatic rings. The van der Waals surface area contributed by atoms with Crippen LogP contribution in [0, 0.1) is 0 Å². The molecule has 0 bridgehead atoms. The van der Waals surface area contributed by atoms with E-state index in [9.17, 15) is 4.79 Å². The minimum absolute atomic E-state index is 0.177. The fraction of sp³-hybridized carbons (Fsp3) is 0.500. The van der Waals surface area contributed by atoms with Gasteiger partial charge in [0.05, 0.1) is 6.42 Å². The van der Waals surface area contributed by atoms with Gasteiger partial charge in [-0.25, -0.2) is 0 Å². The second kappa shape index (κ2) is 4.83. The zero-order chi connectivity index (χ0) is 13.4. The highest BCUT2D eigenvalue weighted by Gasteiger charge is 2.30. The number of piperazine rings is 1. The van der Waals surface area contributed by atoms with Gasteiger partial charge in [-0.1, -0.05) is 0 Å². The standard InChI is InChI=1S/C14H20N4O/c1-17-5-4-16-12(8-17)9-18-13-3-2-11(15)6-10(13)7-14(18)19/h2-3,6,12,16H,4-5,7-9,15H2,1H3. The zero-order valence-corrected chi connectivity index (χ0v) is 11.2. The van der Waals surface area contributed by atoms with Crippen LogP contribution < -0.4 is 16.0 Å². The third kappa shape index (κ3) is 2.43. The minimum Gasteiger partial charge on any atom is -0.399 e. The van der Waals surface area contributed by atoms with Gasteiger partial charge < -0.3 is 20.9 Å². The van der Waals surface area contributed by atoms with Crippen molar-refractivity contribution in [2.24, 2.45) is 0 Å². The molecule has 5 heteroatoms. The molecule has 1 fully saturated rings. The van der Waals surface area contributed by atoms with Gasteiger partial charge in [0.2, 0.25) is 5.91 Å². The van der Waals surface area contributed by atoms with Crippen molar-refractivity contribution in [2.75, 3.05) is 43.9 Å². The second-order valence-corrected chi connectivity index (χ2v) is 5.48. The Morgan fingerprint density at radius 3 is 3.11 bits per heavy atom. The molecule has 1 unspecified atom stereocenters. The number of anilines is 2. The van der Waals surface area contributed by atoms with Crippen molar-refractivity contribution in [3.05, 3.63) is 23.8 Å². The molecule has 1 saturated heterocycles. The normalized spacial score (nSPS) is 23.7. The van der Waals surface area contributed by atoms with E-state index < -0.39 is 0 Å². The van der Waals surface area contributed by atoms with Gasteiger partial charge in [-0.2, -0.15) is 0 Å². The summed E-state index contributed by atoms with van der Waals surface area (Å²) in [5, 5.41) is 3.48. The van der Waals surface area contributed by atoms with Crippen LogP contribution in [0.4, 0.5) is 11.4 Å². The number of fused-ring (bicyclic) bond motifs is 1. The number of nitrogens with zero attached hydrogens (tertiary/aromatic N) is 2. The Balaban J connectivity index is 1.77. The van der Waals surface area contributed by atoms with Crippen LogP contribution >= 0.6 is 0 Å². The van der Waals surface area contributed by atoms with E-state index in [1.165, 1.54) is 0 Å². The van der Waals surface area contributed by atoms with Crippen LogP contribution in [0.5, 0.6) is 0 Å². The highest BCUT2D eigenvalue weighted by atomic mass is 16.2. The number of amides is 1. The van der Waals surface area contributed by atoms with E-state index >= 15 is 0 Å². The molecule has 2 heterocycles. The van der Waals surface area contributed by atoms with Gasteiger partial charge in [-0.05, 0) is 30.8 Å². The number of likely N-dealkylation sites (N-methyl/N-ethyl adjacent to an activating group) is 1. The lowest BCUT2D eigenvalue weighted by atomic mass is 10.1. The van der Waals surface area contributed by atoms with Crippen molar-refractivity contribution in [3.63, 3.8) is 0 Å². The van der Waals surface area contributed by atoms with Gasteiger partial charge in [0.1, 0.15) is 0 Å². The molecule has 3 N–H and O–H groups in total. The number of carbonyl (C=O) groups is 1. The van der Waals surface area contributed by atoms with Crippen LogP contribution in [0.1, 0.15) is 5.56 Å². The van der Waals surface area contributed by atoms with Crippen molar-refractivity contribution in [1.29, 1.82) is 0 Å². The molecule has 1 aromatic carbocycles. The highest BCUT2D eigenvalue weighted by molar-refractivity contribution is 6.01. The van der Waals surface area contributed by atoms with E-state index in [1.54, 1.807) is 0 Å². The van der Waals surface area contributed by atoms with Gasteiger partial charge in [-0.15, -0.1) is 0 Å². The molecule has 5 nitrogen and oxygen atoms in total. The van der Waals surface area contributed by atoms with Gasteiger partial charge in [-0.3, -0.25) is 4.79 Å². The minimum atomic E-state index is 0.177. The van der Waals surface area contributed by atoms with Crippen molar-refractivity contribution < 1.29 is 4.79 Å². The zero-order valence-electron chi connectivity index (χ0n) is 11.2. The van der Waals surface area contributed by atoms with Gasteiger partial charge in [0.15, 0.2) is 0 Å². The Morgan fingerprint density at radius 2 is 2.32 bits per heavy atom. The van der Waals surface area contributed by atoms with Crippen molar-refractivity contribution in [2.45, 2.75) is 12.5 Å². The van der Waals surface area contributed by atoms with Gasteiger partial charge in [0, 0.05) is 43.6 Å². The van der Waals surface area contributed by atoms with Crippen molar-refractivity contribution in [3.8, 4) is 0 Å². The number of rotatable bonds is 2. The van der Waals surface area contributed by atoms with Gasteiger partial charge >= 0.3 is 0 Å². The monoisotopic (exact) mass is 260 g/mol. The Kier molecular flexibility index (Phi) is 3.16. The van der Waals surface area contributed by atoms with Crippen molar-refractivity contribution >= 4 is 17.3 Å². The molecular weight excluding hydrogens is 240 g/mol. The van der Waals surface area contributed by atoms with E-state index in [2.05, 4.69) is 17.3 Å². The van der Waals surface area contributed by atoms with E-state index in [4.69, 9.17) is 5.73 Å². The summed E-state index contributed by atoms with van der Waals surface area (Å²) in [5.74, 6) is 0.177. The molecule has 2 aliphatic heterocycles. The second-order valence-electron chi connectivity index (χ2n) is 5.48. The predicted molar refractivity (Wildman–Crippen MR) is 76.2 cm³/mol. The molecule has 1 amide bonds. The van der Waals surface area contributed by atoms with Crippen LogP contribution in [0.2, 0.25) is 0 Å². The summed E-state index contributed by atoms with van der Waals surface area (Å²) in [6, 6.07) is 6.08. The third-order valence-electron chi connectivity index (χ3n) is 3.90. The lowest BCUT2D eigenvalue weighted by molar-refractivity contribution is -0.117. The molecular formula is C14H20N4O. The SMILES string of the molecule is CN1CCNC(CN2C(=O)Cc3cc(N)ccc32)C1. The molecule has 0 radical (unpaired) electrons. The van der Waals surface area contributed by atoms with E-state index in [-0.39, 0.29) is 5.91 Å². The van der Waals surface area contributed by atoms with Crippen LogP contribution in [0.3, 0.4) is 0 Å². The number of carbonyl (C=O) groups excluding carboxylic acids is 1. The Hall–Kier alpha value is -1.59. The first-order chi connectivity index (χ1) is 9.13. The first-order valence-electron chi connectivity index (χ1n) is 6.74. The van der Waals surface area contributed by atoms with Crippen LogP contribution in [-0.2, 0) is 11.2 Å². The maximum atomic E-state index is 12.1. The fourth-order valence-corrected chi connectivity index (χ4v) is 2.94. The fourth-order valence-electron chi connectivity index (χ4n) is 2.94. The Labute approximate surface area is 113 Å². The first-order valence-corrected chi connectivity index (χ1v) is 6.74. The van der Waals surface area contributed by atoms with Crippen LogP contribution in [0.15, 0.2) is 18.2 Å². The molecule has 1 aromatic rings. The summed E-state index contributed by atoms with van der Waals surface area (Å²) in [7, 11) is 2.12. The maximum absolute atomic E-state index is 12.1. The summed E-state index contributed by atoms with van der Waals surface area (Å²) in [6.45, 7) is 3.77. The number of nitrogens with two attached hydrogens (primary N) is 1. The average Bonchev–Trinajstić information content (AvgIpc) is 2.65. The summed E-state index contributed by atoms with van der Waals surface area (Å²) in [6.07, 6.45) is 0.475. The number of hydrogen-bond acceptors (Lipinski definition) is 4. The van der Waals surface area contributed by atoms with Crippen LogP contribution in [0.25, 0.3) is 0 Å². The highest BCUT2D eigenvalue weighted by Crippen LogP contribution is 2.30. The number of nitrogen functional groups attached to an aromatic ring is 1.